The fourth-order valence-electron chi connectivity index (χ4n) is 9.69. The first-order valence-corrected chi connectivity index (χ1v) is 21.7. The number of nitrogens with one attached hydrogen (secondary N) is 4. The van der Waals surface area contributed by atoms with Gasteiger partial charge in [0.25, 0.3) is 0 Å². The predicted molar refractivity (Wildman–Crippen MR) is 228 cm³/mol. The van der Waals surface area contributed by atoms with Crippen LogP contribution < -0.4 is 10.6 Å². The molecular weight excluding hydrogens is 795 g/mol. The highest BCUT2D eigenvalue weighted by atomic mass is 16.5. The number of imidazole rings is 2. The molecule has 17 heteroatoms. The maximum atomic E-state index is 14.1. The van der Waals surface area contributed by atoms with Crippen LogP contribution in [-0.4, -0.2) is 125 Å². The molecule has 0 radical (unpaired) electrons. The number of nitrogens with zero attached hydrogens (tertiary/aromatic N) is 5. The molecule has 9 rings (SSSR count). The second kappa shape index (κ2) is 18.1. The Kier molecular flexibility index (Phi) is 12.1. The van der Waals surface area contributed by atoms with E-state index in [9.17, 15) is 19.2 Å². The van der Waals surface area contributed by atoms with Crippen LogP contribution in [0.15, 0.2) is 54.9 Å². The summed E-state index contributed by atoms with van der Waals surface area (Å²) < 4.78 is 20.8. The van der Waals surface area contributed by atoms with Gasteiger partial charge in [-0.1, -0.05) is 18.2 Å². The molecule has 0 saturated carbocycles. The highest BCUT2D eigenvalue weighted by molar-refractivity contribution is 5.91. The molecule has 17 nitrogen and oxygen atoms in total. The van der Waals surface area contributed by atoms with E-state index >= 15 is 0 Å². The van der Waals surface area contributed by atoms with E-state index in [-0.39, 0.29) is 35.7 Å². The van der Waals surface area contributed by atoms with E-state index in [4.69, 9.17) is 33.9 Å². The number of ether oxygens (including phenoxy) is 4. The second-order valence-electron chi connectivity index (χ2n) is 16.7. The number of amides is 4. The lowest BCUT2D eigenvalue weighted by Gasteiger charge is -2.34. The summed E-state index contributed by atoms with van der Waals surface area (Å²) in [6.45, 7) is 3.36. The molecule has 326 valence electrons. The number of alkyl carbamates (subject to hydrolysis) is 2. The fourth-order valence-corrected chi connectivity index (χ4v) is 9.69. The largest absolute Gasteiger partial charge is 0.453 e. The van der Waals surface area contributed by atoms with Crippen LogP contribution >= 0.6 is 0 Å². The molecule has 4 atom stereocenters. The van der Waals surface area contributed by atoms with Gasteiger partial charge in [-0.15, -0.1) is 0 Å². The Hall–Kier alpha value is -6.07. The summed E-state index contributed by atoms with van der Waals surface area (Å²) in [5.41, 5.74) is 5.16. The van der Waals surface area contributed by atoms with Crippen molar-refractivity contribution in [2.24, 2.45) is 11.8 Å². The van der Waals surface area contributed by atoms with E-state index in [1.165, 1.54) is 14.2 Å². The number of rotatable bonds is 10. The van der Waals surface area contributed by atoms with Crippen LogP contribution in [-0.2, 0) is 28.5 Å². The third-order valence-corrected chi connectivity index (χ3v) is 13.1. The number of hydrogen-bond acceptors (Lipinski definition) is 11. The smallest absolute Gasteiger partial charge is 0.407 e. The zero-order valence-electron chi connectivity index (χ0n) is 35.1. The first-order chi connectivity index (χ1) is 30.3. The van der Waals surface area contributed by atoms with E-state index in [0.29, 0.717) is 71.0 Å². The average Bonchev–Trinajstić information content (AvgIpc) is 4.16. The number of aromatic amines is 2. The van der Waals surface area contributed by atoms with Crippen LogP contribution in [0.1, 0.15) is 75.1 Å². The Morgan fingerprint density at radius 2 is 1.27 bits per heavy atom. The summed E-state index contributed by atoms with van der Waals surface area (Å²) in [4.78, 5) is 77.9. The first kappa shape index (κ1) is 41.3. The molecule has 0 bridgehead atoms. The molecule has 0 unspecified atom stereocenters. The number of benzene rings is 2. The predicted octanol–water partition coefficient (Wildman–Crippen LogP) is 5.80. The summed E-state index contributed by atoms with van der Waals surface area (Å²) in [5.74, 6) is 1.10. The van der Waals surface area contributed by atoms with Gasteiger partial charge in [0.1, 0.15) is 23.7 Å². The van der Waals surface area contributed by atoms with E-state index in [0.717, 1.165) is 75.8 Å². The van der Waals surface area contributed by atoms with Gasteiger partial charge in [-0.05, 0) is 92.9 Å². The Labute approximate surface area is 358 Å². The Bertz CT molecular complexity index is 2440. The van der Waals surface area contributed by atoms with Crippen molar-refractivity contribution in [1.82, 2.24) is 45.4 Å². The highest BCUT2D eigenvalue weighted by Crippen LogP contribution is 2.37. The summed E-state index contributed by atoms with van der Waals surface area (Å²) >= 11 is 0. The van der Waals surface area contributed by atoms with Gasteiger partial charge >= 0.3 is 12.2 Å². The number of pyridine rings is 1. The van der Waals surface area contributed by atoms with Gasteiger partial charge in [0.15, 0.2) is 0 Å². The third-order valence-electron chi connectivity index (χ3n) is 13.1. The van der Waals surface area contributed by atoms with Crippen LogP contribution in [0.3, 0.4) is 0 Å². The number of methoxy groups -OCH3 is 2. The number of likely N-dealkylation sites (tertiary alicyclic amines) is 2. The Balaban J connectivity index is 0.900. The van der Waals surface area contributed by atoms with Gasteiger partial charge in [-0.2, -0.15) is 0 Å². The lowest BCUT2D eigenvalue weighted by Crippen LogP contribution is -2.53. The molecule has 4 aliphatic heterocycles. The van der Waals surface area contributed by atoms with Crippen molar-refractivity contribution in [1.29, 1.82) is 0 Å². The molecular formula is C45H53N9O8. The summed E-state index contributed by atoms with van der Waals surface area (Å²) in [5, 5.41) is 7.61. The van der Waals surface area contributed by atoms with Crippen LogP contribution in [0.2, 0.25) is 0 Å². The Morgan fingerprint density at radius 1 is 0.677 bits per heavy atom. The zero-order valence-corrected chi connectivity index (χ0v) is 35.1. The molecule has 4 fully saturated rings. The minimum Gasteiger partial charge on any atom is -0.453 e. The first-order valence-electron chi connectivity index (χ1n) is 21.7. The maximum Gasteiger partial charge on any atom is 0.407 e. The standard InChI is InChI=1S/C45H53N9O8/c1-59-44(57)51-38(26-11-17-61-18-12-26)42(55)53-15-3-5-36(53)40-47-25-35(50-40)29-8-7-28-22-33(46-24-31(28)21-29)30-9-10-32-34(23-30)49-41(48-32)37-6-4-16-54(37)43(56)39(52-45(58)60-2)27-13-19-62-20-14-27/h7-10,21-27,36-39H,3-6,11-20H2,1-2H3,(H,47,50)(H,48,49)(H,51,57)(H,52,58)/t36-,37-,38-,39-/m0/s1. The monoisotopic (exact) mass is 847 g/mol. The molecule has 2 aromatic carbocycles. The molecule has 7 heterocycles. The van der Waals surface area contributed by atoms with Gasteiger partial charge in [0.2, 0.25) is 11.8 Å². The normalized spacial score (nSPS) is 20.9. The molecule has 0 spiro atoms. The highest BCUT2D eigenvalue weighted by Gasteiger charge is 2.42. The Morgan fingerprint density at radius 3 is 1.89 bits per heavy atom. The SMILES string of the molecule is COC(=O)N[C@H](C(=O)N1CCC[C@H]1c1ncc(-c2ccc3cc(-c4ccc5nc([C@@H]6CCCN6C(=O)[C@@H](NC(=O)OC)C6CCOCC6)[nH]c5c4)ncc3c2)[nH]1)C1CCOCC1. The maximum absolute atomic E-state index is 14.1. The quantitative estimate of drug-likeness (QED) is 0.132. The van der Waals surface area contributed by atoms with Gasteiger partial charge in [-0.3, -0.25) is 14.6 Å². The zero-order chi connectivity index (χ0) is 42.7. The minimum absolute atomic E-state index is 0.0378. The van der Waals surface area contributed by atoms with Crippen molar-refractivity contribution in [3.8, 4) is 22.5 Å². The van der Waals surface area contributed by atoms with E-state index in [1.54, 1.807) is 6.20 Å². The number of carbonyl (C=O) groups is 4. The topological polar surface area (TPSA) is 206 Å². The van der Waals surface area contributed by atoms with Crippen molar-refractivity contribution >= 4 is 45.8 Å². The van der Waals surface area contributed by atoms with Crippen LogP contribution in [0.25, 0.3) is 44.3 Å². The van der Waals surface area contributed by atoms with E-state index in [1.807, 2.05) is 34.2 Å². The number of H-pyrrole nitrogens is 2. The van der Waals surface area contributed by atoms with Crippen molar-refractivity contribution in [2.45, 2.75) is 75.5 Å². The lowest BCUT2D eigenvalue weighted by atomic mass is 9.90. The molecule has 4 amide bonds. The number of fused-ring (bicyclic) bond motifs is 2. The van der Waals surface area contributed by atoms with Crippen molar-refractivity contribution < 1.29 is 38.1 Å². The second-order valence-corrected chi connectivity index (χ2v) is 16.7. The average molecular weight is 848 g/mol. The summed E-state index contributed by atoms with van der Waals surface area (Å²) in [7, 11) is 2.61. The van der Waals surface area contributed by atoms with Crippen molar-refractivity contribution in [2.75, 3.05) is 53.7 Å². The summed E-state index contributed by atoms with van der Waals surface area (Å²) in [6.07, 6.45) is 8.37. The number of hydrogen-bond donors (Lipinski definition) is 4. The molecule has 62 heavy (non-hydrogen) atoms. The molecule has 4 N–H and O–H groups in total. The molecule has 0 aliphatic carbocycles. The van der Waals surface area contributed by atoms with Crippen molar-refractivity contribution in [3.63, 3.8) is 0 Å². The molecule has 3 aromatic heterocycles. The fraction of sp³-hybridized carbons (Fsp3) is 0.489. The van der Waals surface area contributed by atoms with E-state index < -0.39 is 24.3 Å². The van der Waals surface area contributed by atoms with Gasteiger partial charge in [0.05, 0.1) is 54.9 Å². The van der Waals surface area contributed by atoms with Crippen LogP contribution in [0, 0.1) is 11.8 Å². The van der Waals surface area contributed by atoms with E-state index in [2.05, 4.69) is 44.9 Å². The molecule has 4 aliphatic rings. The molecule has 5 aromatic rings. The lowest BCUT2D eigenvalue weighted by molar-refractivity contribution is -0.137. The minimum atomic E-state index is -0.699. The molecule has 4 saturated heterocycles. The van der Waals surface area contributed by atoms with Crippen LogP contribution in [0.4, 0.5) is 9.59 Å². The number of carbonyl (C=O) groups excluding carboxylic acids is 4. The van der Waals surface area contributed by atoms with Gasteiger partial charge < -0.3 is 49.3 Å². The van der Waals surface area contributed by atoms with Gasteiger partial charge in [-0.25, -0.2) is 19.6 Å². The summed E-state index contributed by atoms with van der Waals surface area (Å²) in [6, 6.07) is 12.4. The van der Waals surface area contributed by atoms with Gasteiger partial charge in [0, 0.05) is 62.2 Å². The van der Waals surface area contributed by atoms with Crippen molar-refractivity contribution in [3.05, 3.63) is 66.5 Å². The number of aromatic nitrogens is 5. The van der Waals surface area contributed by atoms with Crippen LogP contribution in [0.5, 0.6) is 0 Å². The third kappa shape index (κ3) is 8.42.